The summed E-state index contributed by atoms with van der Waals surface area (Å²) in [4.78, 5) is 31.6. The number of amides is 1. The maximum absolute atomic E-state index is 13.5. The molecule has 4 rings (SSSR count). The van der Waals surface area contributed by atoms with E-state index in [0.29, 0.717) is 22.8 Å². The molecule has 0 saturated carbocycles. The van der Waals surface area contributed by atoms with Crippen molar-refractivity contribution in [3.05, 3.63) is 94.5 Å². The van der Waals surface area contributed by atoms with E-state index < -0.39 is 0 Å². The zero-order chi connectivity index (χ0) is 21.3. The number of thiazole rings is 1. The first-order chi connectivity index (χ1) is 14.4. The van der Waals surface area contributed by atoms with E-state index in [1.54, 1.807) is 29.2 Å². The topological polar surface area (TPSA) is 50.3 Å². The number of aromatic nitrogens is 1. The lowest BCUT2D eigenvalue weighted by Crippen LogP contribution is -2.30. The van der Waals surface area contributed by atoms with Gasteiger partial charge in [-0.2, -0.15) is 0 Å². The number of aryl methyl sites for hydroxylation is 2. The highest BCUT2D eigenvalue weighted by Gasteiger charge is 2.22. The summed E-state index contributed by atoms with van der Waals surface area (Å²) in [5.74, 6) is -0.158. The lowest BCUT2D eigenvalue weighted by atomic mass is 10.1. The van der Waals surface area contributed by atoms with Gasteiger partial charge < -0.3 is 0 Å². The van der Waals surface area contributed by atoms with Crippen LogP contribution < -0.4 is 4.90 Å². The molecule has 0 aliphatic carbocycles. The number of hydrogen-bond acceptors (Lipinski definition) is 4. The number of ketones is 1. The highest BCUT2D eigenvalue weighted by atomic mass is 32.1. The van der Waals surface area contributed by atoms with Gasteiger partial charge in [0.2, 0.25) is 0 Å². The van der Waals surface area contributed by atoms with Crippen molar-refractivity contribution < 1.29 is 9.59 Å². The van der Waals surface area contributed by atoms with Gasteiger partial charge in [-0.3, -0.25) is 14.5 Å². The Balaban J connectivity index is 1.77. The van der Waals surface area contributed by atoms with Gasteiger partial charge in [-0.05, 0) is 55.7 Å². The molecule has 150 valence electrons. The van der Waals surface area contributed by atoms with Crippen LogP contribution in [0.15, 0.2) is 66.7 Å². The predicted octanol–water partition coefficient (Wildman–Crippen LogP) is 5.96. The lowest BCUT2D eigenvalue weighted by Gasteiger charge is -2.20. The molecule has 0 fully saturated rings. The number of rotatable bonds is 5. The smallest absolute Gasteiger partial charge is 0.260 e. The number of carbonyl (C=O) groups excluding carboxylic acids is 2. The summed E-state index contributed by atoms with van der Waals surface area (Å²) in [7, 11) is 0. The summed E-state index contributed by atoms with van der Waals surface area (Å²) in [6.45, 7) is 6.05. The molecule has 1 aromatic heterocycles. The largest absolute Gasteiger partial charge is 0.295 e. The molecule has 1 heterocycles. The standard InChI is InChI=1S/C25H22N2O2S/c1-16-13-17(2)23-22(14-16)30-25(26-23)27(15-19-7-5-4-6-8-19)24(29)21-11-9-20(10-12-21)18(3)28/h4-14H,15H2,1-3H3. The Morgan fingerprint density at radius 3 is 2.27 bits per heavy atom. The number of carbonyl (C=O) groups is 2. The lowest BCUT2D eigenvalue weighted by molar-refractivity contribution is 0.0981. The Bertz CT molecular complexity index is 1230. The van der Waals surface area contributed by atoms with Gasteiger partial charge in [0.15, 0.2) is 10.9 Å². The van der Waals surface area contributed by atoms with E-state index >= 15 is 0 Å². The van der Waals surface area contributed by atoms with Crippen molar-refractivity contribution in [2.24, 2.45) is 0 Å². The Kier molecular flexibility index (Phi) is 5.46. The van der Waals surface area contributed by atoms with Crippen LogP contribution in [0.25, 0.3) is 10.2 Å². The molecule has 0 radical (unpaired) electrons. The molecule has 4 aromatic rings. The minimum absolute atomic E-state index is 0.0211. The molecule has 0 N–H and O–H groups in total. The average molecular weight is 415 g/mol. The average Bonchev–Trinajstić information content (AvgIpc) is 3.16. The van der Waals surface area contributed by atoms with E-state index in [1.165, 1.54) is 23.8 Å². The minimum atomic E-state index is -0.137. The SMILES string of the molecule is CC(=O)c1ccc(C(=O)N(Cc2ccccc2)c2nc3c(C)cc(C)cc3s2)cc1. The van der Waals surface area contributed by atoms with Crippen molar-refractivity contribution in [1.29, 1.82) is 0 Å². The zero-order valence-electron chi connectivity index (χ0n) is 17.2. The second kappa shape index (κ2) is 8.20. The summed E-state index contributed by atoms with van der Waals surface area (Å²) < 4.78 is 1.07. The first-order valence-electron chi connectivity index (χ1n) is 9.77. The predicted molar refractivity (Wildman–Crippen MR) is 122 cm³/mol. The summed E-state index contributed by atoms with van der Waals surface area (Å²) in [5.41, 5.74) is 5.36. The number of hydrogen-bond donors (Lipinski definition) is 0. The molecule has 0 unspecified atom stereocenters. The molecular weight excluding hydrogens is 392 g/mol. The van der Waals surface area contributed by atoms with Crippen molar-refractivity contribution in [3.63, 3.8) is 0 Å². The first kappa shape index (κ1) is 20.0. The molecule has 0 saturated heterocycles. The quantitative estimate of drug-likeness (QED) is 0.379. The molecule has 30 heavy (non-hydrogen) atoms. The van der Waals surface area contributed by atoms with Gasteiger partial charge in [-0.1, -0.05) is 59.9 Å². The first-order valence-corrected chi connectivity index (χ1v) is 10.6. The van der Waals surface area contributed by atoms with Gasteiger partial charge in [-0.25, -0.2) is 4.98 Å². The minimum Gasteiger partial charge on any atom is -0.295 e. The van der Waals surface area contributed by atoms with Crippen molar-refractivity contribution in [2.45, 2.75) is 27.3 Å². The molecule has 5 heteroatoms. The zero-order valence-corrected chi connectivity index (χ0v) is 18.0. The molecule has 0 spiro atoms. The van der Waals surface area contributed by atoms with Gasteiger partial charge in [0.05, 0.1) is 16.8 Å². The van der Waals surface area contributed by atoms with Crippen LogP contribution in [0.4, 0.5) is 5.13 Å². The second-order valence-corrected chi connectivity index (χ2v) is 8.44. The van der Waals surface area contributed by atoms with Crippen LogP contribution in [0.5, 0.6) is 0 Å². The summed E-state index contributed by atoms with van der Waals surface area (Å²) in [6.07, 6.45) is 0. The molecule has 0 atom stereocenters. The van der Waals surface area contributed by atoms with Gasteiger partial charge in [0.25, 0.3) is 5.91 Å². The molecule has 0 aliphatic heterocycles. The summed E-state index contributed by atoms with van der Waals surface area (Å²) in [5, 5.41) is 0.670. The number of fused-ring (bicyclic) bond motifs is 1. The molecular formula is C25H22N2O2S. The van der Waals surface area contributed by atoms with Gasteiger partial charge >= 0.3 is 0 Å². The third kappa shape index (κ3) is 4.02. The van der Waals surface area contributed by atoms with Crippen LogP contribution in [0.2, 0.25) is 0 Å². The Morgan fingerprint density at radius 2 is 1.60 bits per heavy atom. The van der Waals surface area contributed by atoms with E-state index in [9.17, 15) is 9.59 Å². The van der Waals surface area contributed by atoms with Gasteiger partial charge in [-0.15, -0.1) is 0 Å². The fourth-order valence-corrected chi connectivity index (χ4v) is 4.61. The molecule has 3 aromatic carbocycles. The van der Waals surface area contributed by atoms with E-state index in [0.717, 1.165) is 21.3 Å². The second-order valence-electron chi connectivity index (χ2n) is 7.44. The Labute approximate surface area is 179 Å². The van der Waals surface area contributed by atoms with Crippen molar-refractivity contribution >= 4 is 38.4 Å². The molecule has 0 bridgehead atoms. The van der Waals surface area contributed by atoms with E-state index in [2.05, 4.69) is 19.1 Å². The number of nitrogens with zero attached hydrogens (tertiary/aromatic N) is 2. The fraction of sp³-hybridized carbons (Fsp3) is 0.160. The maximum atomic E-state index is 13.5. The van der Waals surface area contributed by atoms with Gasteiger partial charge in [0.1, 0.15) is 0 Å². The molecule has 0 aliphatic rings. The van der Waals surface area contributed by atoms with Crippen molar-refractivity contribution in [2.75, 3.05) is 4.90 Å². The van der Waals surface area contributed by atoms with Gasteiger partial charge in [0, 0.05) is 11.1 Å². The van der Waals surface area contributed by atoms with Crippen molar-refractivity contribution in [1.82, 2.24) is 4.98 Å². The third-order valence-corrected chi connectivity index (χ3v) is 6.04. The molecule has 4 nitrogen and oxygen atoms in total. The van der Waals surface area contributed by atoms with Crippen LogP contribution >= 0.6 is 11.3 Å². The Hall–Kier alpha value is -3.31. The fourth-order valence-electron chi connectivity index (χ4n) is 3.47. The number of benzene rings is 3. The van der Waals surface area contributed by atoms with E-state index in [4.69, 9.17) is 4.98 Å². The normalized spacial score (nSPS) is 10.9. The molecule has 1 amide bonds. The van der Waals surface area contributed by atoms with Crippen LogP contribution in [-0.2, 0) is 6.54 Å². The van der Waals surface area contributed by atoms with E-state index in [-0.39, 0.29) is 11.7 Å². The third-order valence-electron chi connectivity index (χ3n) is 5.02. The summed E-state index contributed by atoms with van der Waals surface area (Å²) >= 11 is 1.52. The monoisotopic (exact) mass is 414 g/mol. The maximum Gasteiger partial charge on any atom is 0.260 e. The van der Waals surface area contributed by atoms with Crippen LogP contribution in [-0.4, -0.2) is 16.7 Å². The Morgan fingerprint density at radius 1 is 0.933 bits per heavy atom. The van der Waals surface area contributed by atoms with Crippen LogP contribution in [0, 0.1) is 13.8 Å². The van der Waals surface area contributed by atoms with Crippen LogP contribution in [0.1, 0.15) is 44.3 Å². The highest BCUT2D eigenvalue weighted by Crippen LogP contribution is 2.33. The van der Waals surface area contributed by atoms with Crippen LogP contribution in [0.3, 0.4) is 0 Å². The van der Waals surface area contributed by atoms with Crippen molar-refractivity contribution in [3.8, 4) is 0 Å². The number of anilines is 1. The summed E-state index contributed by atoms with van der Waals surface area (Å²) in [6, 6.07) is 20.9. The van der Waals surface area contributed by atoms with E-state index in [1.807, 2.05) is 37.3 Å². The highest BCUT2D eigenvalue weighted by molar-refractivity contribution is 7.22. The number of Topliss-reactive ketones (excluding diaryl/α,β-unsaturated/α-hetero) is 1.